The molecular weight excluding hydrogens is 364 g/mol. The van der Waals surface area contributed by atoms with Gasteiger partial charge in [0.05, 0.1) is 6.10 Å². The monoisotopic (exact) mass is 406 g/mol. The van der Waals surface area contributed by atoms with Crippen molar-refractivity contribution in [2.24, 2.45) is 34.5 Å². The number of hydrogen-bond donors (Lipinski definition) is 0. The minimum atomic E-state index is -0.592. The average molecular weight is 407 g/mol. The average Bonchev–Trinajstić information content (AvgIpc) is 2.91. The Kier molecular flexibility index (Phi) is 5.77. The summed E-state index contributed by atoms with van der Waals surface area (Å²) in [4.78, 5) is 0. The van der Waals surface area contributed by atoms with Gasteiger partial charge >= 0.3 is 0 Å². The highest BCUT2D eigenvalue weighted by Gasteiger charge is 2.60. The molecule has 0 aromatic rings. The fourth-order valence-electron chi connectivity index (χ4n) is 8.09. The summed E-state index contributed by atoms with van der Waals surface area (Å²) in [6.45, 7) is 14.5. The predicted molar refractivity (Wildman–Crippen MR) is 116 cm³/mol. The summed E-state index contributed by atoms with van der Waals surface area (Å²) in [5, 5.41) is 0. The molecule has 0 unspecified atom stereocenters. The molecule has 4 aliphatic carbocycles. The summed E-state index contributed by atoms with van der Waals surface area (Å²) in [7, 11) is -1.15. The molecule has 0 heterocycles. The van der Waals surface area contributed by atoms with E-state index >= 15 is 0 Å². The van der Waals surface area contributed by atoms with Crippen LogP contribution in [0.15, 0.2) is 0 Å². The van der Waals surface area contributed by atoms with Gasteiger partial charge < -0.3 is 8.85 Å². The maximum atomic E-state index is 6.53. The van der Waals surface area contributed by atoms with E-state index in [0.717, 1.165) is 23.7 Å². The van der Waals surface area contributed by atoms with Crippen LogP contribution in [-0.2, 0) is 8.85 Å². The molecule has 4 fully saturated rings. The summed E-state index contributed by atoms with van der Waals surface area (Å²) < 4.78 is 12.9. The van der Waals surface area contributed by atoms with Gasteiger partial charge in [-0.1, -0.05) is 13.8 Å². The SMILES string of the molecule is C[Si](C)O[C@H]1CC[C@@]2(C)[C@@H](CC[C@@H]3[C@@H]2CC[C@]2(C)[C@@H](O[Si](C)C)CC[C@@H]32)C1. The van der Waals surface area contributed by atoms with Gasteiger partial charge in [-0.25, -0.2) is 0 Å². The Hall–Kier alpha value is 0.354. The molecule has 0 spiro atoms. The van der Waals surface area contributed by atoms with Crippen LogP contribution in [0.5, 0.6) is 0 Å². The Labute approximate surface area is 171 Å². The van der Waals surface area contributed by atoms with Crippen LogP contribution in [-0.4, -0.2) is 30.3 Å². The molecule has 4 saturated carbocycles. The second kappa shape index (κ2) is 7.55. The zero-order valence-electron chi connectivity index (χ0n) is 18.6. The minimum Gasteiger partial charge on any atom is -0.414 e. The van der Waals surface area contributed by atoms with E-state index in [1.54, 1.807) is 0 Å². The van der Waals surface area contributed by atoms with Crippen LogP contribution in [0.25, 0.3) is 0 Å². The maximum Gasteiger partial charge on any atom is 0.205 e. The van der Waals surface area contributed by atoms with Crippen molar-refractivity contribution in [1.82, 2.24) is 0 Å². The number of rotatable bonds is 4. The van der Waals surface area contributed by atoms with Crippen LogP contribution in [0.4, 0.5) is 0 Å². The first-order valence-corrected chi connectivity index (χ1v) is 16.5. The van der Waals surface area contributed by atoms with Crippen LogP contribution >= 0.6 is 0 Å². The summed E-state index contributed by atoms with van der Waals surface area (Å²) in [5.74, 6) is 3.78. The fourth-order valence-corrected chi connectivity index (χ4v) is 9.93. The molecule has 4 heteroatoms. The highest BCUT2D eigenvalue weighted by Crippen LogP contribution is 2.66. The summed E-state index contributed by atoms with van der Waals surface area (Å²) in [5.41, 5.74) is 1.05. The summed E-state index contributed by atoms with van der Waals surface area (Å²) >= 11 is 0. The van der Waals surface area contributed by atoms with Gasteiger partial charge in [0.25, 0.3) is 0 Å². The zero-order chi connectivity index (χ0) is 19.4. The third kappa shape index (κ3) is 3.55. The van der Waals surface area contributed by atoms with Crippen molar-refractivity contribution in [2.75, 3.05) is 0 Å². The molecule has 27 heavy (non-hydrogen) atoms. The summed E-state index contributed by atoms with van der Waals surface area (Å²) in [6, 6.07) is 0. The zero-order valence-corrected chi connectivity index (χ0v) is 20.6. The quantitative estimate of drug-likeness (QED) is 0.510. The topological polar surface area (TPSA) is 18.5 Å². The first-order chi connectivity index (χ1) is 12.7. The lowest BCUT2D eigenvalue weighted by Crippen LogP contribution is -2.55. The standard InChI is InChI=1S/C23H42O2Si2/c1-22-13-11-17(24-26(3)4)15-16(22)7-8-18-19-9-10-21(25-27(5)6)23(19,2)14-12-20(18)22/h16-21H,7-15H2,1-6H3/t16-,17-,18-,19-,20-,21-,22-,23-/m0/s1. The van der Waals surface area contributed by atoms with Crippen molar-refractivity contribution in [2.45, 2.75) is 110 Å². The lowest BCUT2D eigenvalue weighted by molar-refractivity contribution is -0.129. The van der Waals surface area contributed by atoms with Crippen molar-refractivity contribution in [3.05, 3.63) is 0 Å². The molecule has 154 valence electrons. The van der Waals surface area contributed by atoms with E-state index in [2.05, 4.69) is 40.0 Å². The molecule has 0 amide bonds. The van der Waals surface area contributed by atoms with E-state index in [9.17, 15) is 0 Å². The van der Waals surface area contributed by atoms with E-state index in [1.807, 2.05) is 0 Å². The van der Waals surface area contributed by atoms with Crippen LogP contribution in [0.1, 0.15) is 71.6 Å². The Morgan fingerprint density at radius 3 is 2.07 bits per heavy atom. The van der Waals surface area contributed by atoms with Crippen LogP contribution < -0.4 is 0 Å². The Morgan fingerprint density at radius 2 is 1.37 bits per heavy atom. The van der Waals surface area contributed by atoms with Gasteiger partial charge in [-0.15, -0.1) is 0 Å². The summed E-state index contributed by atoms with van der Waals surface area (Å²) in [6.07, 6.45) is 13.8. The molecule has 8 atom stereocenters. The van der Waals surface area contributed by atoms with Gasteiger partial charge in [0.1, 0.15) is 0 Å². The van der Waals surface area contributed by atoms with Crippen molar-refractivity contribution in [1.29, 1.82) is 0 Å². The Morgan fingerprint density at radius 1 is 0.704 bits per heavy atom. The smallest absolute Gasteiger partial charge is 0.205 e. The van der Waals surface area contributed by atoms with Gasteiger partial charge in [-0.05, 0) is 118 Å². The van der Waals surface area contributed by atoms with Gasteiger partial charge in [-0.2, -0.15) is 0 Å². The Balaban J connectivity index is 1.49. The van der Waals surface area contributed by atoms with Crippen molar-refractivity contribution in [3.8, 4) is 0 Å². The second-order valence-corrected chi connectivity index (χ2v) is 15.3. The van der Waals surface area contributed by atoms with E-state index in [-0.39, 0.29) is 0 Å². The molecule has 2 nitrogen and oxygen atoms in total. The third-order valence-corrected chi connectivity index (χ3v) is 10.9. The number of fused-ring (bicyclic) bond motifs is 5. The molecule has 0 N–H and O–H groups in total. The van der Waals surface area contributed by atoms with Gasteiger partial charge in [0, 0.05) is 6.10 Å². The molecular formula is C23H42O2Si2. The first kappa shape index (κ1) is 20.6. The molecule has 4 aliphatic rings. The highest BCUT2D eigenvalue weighted by molar-refractivity contribution is 6.48. The van der Waals surface area contributed by atoms with E-state index < -0.39 is 18.1 Å². The predicted octanol–water partition coefficient (Wildman–Crippen LogP) is 6.30. The van der Waals surface area contributed by atoms with E-state index in [0.29, 0.717) is 23.0 Å². The largest absolute Gasteiger partial charge is 0.414 e. The van der Waals surface area contributed by atoms with Crippen LogP contribution in [0.3, 0.4) is 0 Å². The second-order valence-electron chi connectivity index (χ2n) is 11.2. The molecule has 2 radical (unpaired) electrons. The molecule has 0 aromatic carbocycles. The van der Waals surface area contributed by atoms with Gasteiger partial charge in [-0.3, -0.25) is 0 Å². The lowest BCUT2D eigenvalue weighted by atomic mass is 9.45. The normalized spacial score (nSPS) is 49.8. The van der Waals surface area contributed by atoms with Gasteiger partial charge in [0.2, 0.25) is 18.1 Å². The van der Waals surface area contributed by atoms with Crippen LogP contribution in [0, 0.1) is 34.5 Å². The number of hydrogen-bond acceptors (Lipinski definition) is 2. The highest BCUT2D eigenvalue weighted by atomic mass is 28.3. The van der Waals surface area contributed by atoms with Crippen molar-refractivity contribution < 1.29 is 8.85 Å². The molecule has 0 aliphatic heterocycles. The Bertz CT molecular complexity index is 538. The molecule has 0 aromatic heterocycles. The van der Waals surface area contributed by atoms with Crippen LogP contribution in [0.2, 0.25) is 26.2 Å². The minimum absolute atomic E-state index is 0.467. The molecule has 0 saturated heterocycles. The maximum absolute atomic E-state index is 6.53. The fraction of sp³-hybridized carbons (Fsp3) is 1.00. The van der Waals surface area contributed by atoms with Crippen molar-refractivity contribution in [3.63, 3.8) is 0 Å². The van der Waals surface area contributed by atoms with Crippen molar-refractivity contribution >= 4 is 18.1 Å². The van der Waals surface area contributed by atoms with Gasteiger partial charge in [0.15, 0.2) is 0 Å². The molecule has 4 rings (SSSR count). The van der Waals surface area contributed by atoms with E-state index in [1.165, 1.54) is 57.8 Å². The molecule has 0 bridgehead atoms. The lowest BCUT2D eigenvalue weighted by Gasteiger charge is -2.61. The third-order valence-electron chi connectivity index (χ3n) is 9.31. The van der Waals surface area contributed by atoms with E-state index in [4.69, 9.17) is 8.85 Å². The first-order valence-electron chi connectivity index (χ1n) is 11.7.